The Balaban J connectivity index is 1.91. The maximum absolute atomic E-state index is 12.1. The van der Waals surface area contributed by atoms with Crippen molar-refractivity contribution in [1.29, 1.82) is 0 Å². The summed E-state index contributed by atoms with van der Waals surface area (Å²) < 4.78 is 26.9. The van der Waals surface area contributed by atoms with Crippen molar-refractivity contribution in [1.82, 2.24) is 10.0 Å². The average molecular weight is 362 g/mol. The average Bonchev–Trinajstić information content (AvgIpc) is 3.11. The molecular formula is C12H16BrN3O3S. The first-order chi connectivity index (χ1) is 9.38. The van der Waals surface area contributed by atoms with Gasteiger partial charge in [-0.05, 0) is 47.0 Å². The monoisotopic (exact) mass is 361 g/mol. The highest BCUT2D eigenvalue weighted by atomic mass is 79.9. The number of nitrogen functional groups attached to an aromatic ring is 1. The zero-order chi connectivity index (χ0) is 14.8. The number of amides is 1. The molecule has 0 bridgehead atoms. The largest absolute Gasteiger partial charge is 0.399 e. The van der Waals surface area contributed by atoms with E-state index >= 15 is 0 Å². The summed E-state index contributed by atoms with van der Waals surface area (Å²) in [5.74, 6) is -0.133. The molecule has 0 spiro atoms. The lowest BCUT2D eigenvalue weighted by molar-refractivity contribution is -0.121. The summed E-state index contributed by atoms with van der Waals surface area (Å²) in [4.78, 5) is 11.6. The fourth-order valence-electron chi connectivity index (χ4n) is 1.64. The predicted octanol–water partition coefficient (Wildman–Crippen LogP) is 0.978. The van der Waals surface area contributed by atoms with E-state index in [0.29, 0.717) is 10.2 Å². The summed E-state index contributed by atoms with van der Waals surface area (Å²) in [5, 5.41) is 2.80. The second kappa shape index (κ2) is 6.11. The van der Waals surface area contributed by atoms with Gasteiger partial charge in [-0.2, -0.15) is 0 Å². The molecule has 4 N–H and O–H groups in total. The van der Waals surface area contributed by atoms with E-state index in [-0.39, 0.29) is 29.8 Å². The molecule has 1 saturated carbocycles. The molecule has 1 aromatic carbocycles. The van der Waals surface area contributed by atoms with E-state index < -0.39 is 10.0 Å². The van der Waals surface area contributed by atoms with Gasteiger partial charge in [0.25, 0.3) is 0 Å². The van der Waals surface area contributed by atoms with E-state index in [4.69, 9.17) is 5.73 Å². The van der Waals surface area contributed by atoms with Crippen LogP contribution in [0.5, 0.6) is 0 Å². The van der Waals surface area contributed by atoms with Crippen molar-refractivity contribution in [3.05, 3.63) is 22.7 Å². The molecule has 1 fully saturated rings. The van der Waals surface area contributed by atoms with Crippen molar-refractivity contribution < 1.29 is 13.2 Å². The number of carbonyl (C=O) groups is 1. The fraction of sp³-hybridized carbons (Fsp3) is 0.417. The summed E-state index contributed by atoms with van der Waals surface area (Å²) in [6, 6.07) is 4.74. The molecule has 6 nitrogen and oxygen atoms in total. The van der Waals surface area contributed by atoms with E-state index in [1.807, 2.05) is 0 Å². The summed E-state index contributed by atoms with van der Waals surface area (Å²) in [6.07, 6.45) is 2.15. The SMILES string of the molecule is Nc1ccc(S(=O)(=O)NCCC(=O)NC2CC2)c(Br)c1. The highest BCUT2D eigenvalue weighted by molar-refractivity contribution is 9.10. The van der Waals surface area contributed by atoms with Crippen LogP contribution < -0.4 is 15.8 Å². The molecule has 1 amide bonds. The smallest absolute Gasteiger partial charge is 0.241 e. The van der Waals surface area contributed by atoms with Gasteiger partial charge in [-0.3, -0.25) is 4.79 Å². The van der Waals surface area contributed by atoms with Crippen LogP contribution in [0.15, 0.2) is 27.6 Å². The topological polar surface area (TPSA) is 101 Å². The summed E-state index contributed by atoms with van der Waals surface area (Å²) >= 11 is 3.17. The predicted molar refractivity (Wildman–Crippen MR) is 79.5 cm³/mol. The Hall–Kier alpha value is -1.12. The quantitative estimate of drug-likeness (QED) is 0.657. The van der Waals surface area contributed by atoms with E-state index in [1.54, 1.807) is 0 Å². The number of halogens is 1. The standard InChI is InChI=1S/C12H16BrN3O3S/c13-10-7-8(14)1-4-11(10)20(18,19)15-6-5-12(17)16-9-2-3-9/h1,4,7,9,15H,2-3,5-6,14H2,(H,16,17). The molecule has 0 atom stereocenters. The van der Waals surface area contributed by atoms with Gasteiger partial charge in [0, 0.05) is 29.2 Å². The summed E-state index contributed by atoms with van der Waals surface area (Å²) in [6.45, 7) is 0.0672. The maximum Gasteiger partial charge on any atom is 0.241 e. The summed E-state index contributed by atoms with van der Waals surface area (Å²) in [5.41, 5.74) is 6.04. The molecular weight excluding hydrogens is 346 g/mol. The Labute approximate surface area is 126 Å². The first-order valence-electron chi connectivity index (χ1n) is 6.22. The van der Waals surface area contributed by atoms with Crippen LogP contribution in [0.25, 0.3) is 0 Å². The van der Waals surface area contributed by atoms with Gasteiger partial charge in [-0.25, -0.2) is 13.1 Å². The summed E-state index contributed by atoms with van der Waals surface area (Å²) in [7, 11) is -3.65. The third-order valence-corrected chi connectivity index (χ3v) is 5.27. The van der Waals surface area contributed by atoms with Gasteiger partial charge >= 0.3 is 0 Å². The molecule has 0 aromatic heterocycles. The molecule has 110 valence electrons. The van der Waals surface area contributed by atoms with Gasteiger partial charge in [0.05, 0.1) is 4.90 Å². The molecule has 0 heterocycles. The number of anilines is 1. The van der Waals surface area contributed by atoms with Crippen LogP contribution in [0.2, 0.25) is 0 Å². The minimum atomic E-state index is -3.65. The van der Waals surface area contributed by atoms with Gasteiger partial charge in [-0.15, -0.1) is 0 Å². The van der Waals surface area contributed by atoms with Gasteiger partial charge in [0.15, 0.2) is 0 Å². The van der Waals surface area contributed by atoms with E-state index in [1.165, 1.54) is 18.2 Å². The van der Waals surface area contributed by atoms with Gasteiger partial charge in [-0.1, -0.05) is 0 Å². The van der Waals surface area contributed by atoms with Crippen LogP contribution in [0.1, 0.15) is 19.3 Å². The molecule has 1 aliphatic carbocycles. The lowest BCUT2D eigenvalue weighted by Crippen LogP contribution is -2.31. The van der Waals surface area contributed by atoms with Crippen molar-refractivity contribution >= 4 is 37.5 Å². The lowest BCUT2D eigenvalue weighted by atomic mass is 10.3. The van der Waals surface area contributed by atoms with Crippen LogP contribution in [0, 0.1) is 0 Å². The zero-order valence-electron chi connectivity index (χ0n) is 10.7. The number of nitrogens with one attached hydrogen (secondary N) is 2. The van der Waals surface area contributed by atoms with E-state index in [2.05, 4.69) is 26.0 Å². The molecule has 20 heavy (non-hydrogen) atoms. The highest BCUT2D eigenvalue weighted by Crippen LogP contribution is 2.24. The minimum Gasteiger partial charge on any atom is -0.399 e. The van der Waals surface area contributed by atoms with Gasteiger partial charge in [0.2, 0.25) is 15.9 Å². The van der Waals surface area contributed by atoms with Crippen LogP contribution in [-0.4, -0.2) is 26.9 Å². The number of benzene rings is 1. The number of sulfonamides is 1. The molecule has 0 aliphatic heterocycles. The van der Waals surface area contributed by atoms with E-state index in [9.17, 15) is 13.2 Å². The number of hydrogen-bond donors (Lipinski definition) is 3. The number of hydrogen-bond acceptors (Lipinski definition) is 4. The Morgan fingerprint density at radius 1 is 1.40 bits per heavy atom. The maximum atomic E-state index is 12.1. The lowest BCUT2D eigenvalue weighted by Gasteiger charge is -2.09. The molecule has 1 aliphatic rings. The van der Waals surface area contributed by atoms with Crippen LogP contribution in [0.4, 0.5) is 5.69 Å². The van der Waals surface area contributed by atoms with Gasteiger partial charge in [0.1, 0.15) is 0 Å². The second-order valence-corrected chi connectivity index (χ2v) is 7.27. The number of nitrogens with two attached hydrogens (primary N) is 1. The first-order valence-corrected chi connectivity index (χ1v) is 8.50. The van der Waals surface area contributed by atoms with Crippen molar-refractivity contribution in [2.75, 3.05) is 12.3 Å². The Kier molecular flexibility index (Phi) is 4.66. The molecule has 1 aromatic rings. The molecule has 0 saturated heterocycles. The number of rotatable bonds is 6. The van der Waals surface area contributed by atoms with Crippen molar-refractivity contribution in [3.63, 3.8) is 0 Å². The Morgan fingerprint density at radius 3 is 2.70 bits per heavy atom. The van der Waals surface area contributed by atoms with Crippen LogP contribution in [0.3, 0.4) is 0 Å². The minimum absolute atomic E-state index is 0.0672. The molecule has 0 unspecified atom stereocenters. The second-order valence-electron chi connectivity index (χ2n) is 4.68. The highest BCUT2D eigenvalue weighted by Gasteiger charge is 2.23. The zero-order valence-corrected chi connectivity index (χ0v) is 13.1. The Morgan fingerprint density at radius 2 is 2.10 bits per heavy atom. The third-order valence-electron chi connectivity index (χ3n) is 2.83. The Bertz CT molecular complexity index is 614. The first kappa shape index (κ1) is 15.3. The number of carbonyl (C=O) groups excluding carboxylic acids is 1. The molecule has 8 heteroatoms. The fourth-order valence-corrected chi connectivity index (χ4v) is 3.76. The van der Waals surface area contributed by atoms with Crippen molar-refractivity contribution in [2.24, 2.45) is 0 Å². The van der Waals surface area contributed by atoms with Crippen molar-refractivity contribution in [3.8, 4) is 0 Å². The molecule has 2 rings (SSSR count). The third kappa shape index (κ3) is 4.19. The van der Waals surface area contributed by atoms with Crippen molar-refractivity contribution in [2.45, 2.75) is 30.2 Å². The normalized spacial score (nSPS) is 15.1. The van der Waals surface area contributed by atoms with Crippen LogP contribution >= 0.6 is 15.9 Å². The molecule has 0 radical (unpaired) electrons. The van der Waals surface area contributed by atoms with E-state index in [0.717, 1.165) is 12.8 Å². The van der Waals surface area contributed by atoms with Gasteiger partial charge < -0.3 is 11.1 Å². The van der Waals surface area contributed by atoms with Crippen LogP contribution in [-0.2, 0) is 14.8 Å².